The van der Waals surface area contributed by atoms with Crippen molar-refractivity contribution < 1.29 is 29.9 Å². The van der Waals surface area contributed by atoms with Crippen molar-refractivity contribution in [3.05, 3.63) is 63.4 Å². The maximum Gasteiger partial charge on any atom is 0.238 e. The van der Waals surface area contributed by atoms with Crippen LogP contribution in [0.15, 0.2) is 56.8 Å². The molecule has 0 saturated heterocycles. The van der Waals surface area contributed by atoms with Gasteiger partial charge in [0.05, 0.1) is 0 Å². The van der Waals surface area contributed by atoms with E-state index in [1.807, 2.05) is 26.8 Å². The summed E-state index contributed by atoms with van der Waals surface area (Å²) in [6, 6.07) is 4.85. The fraction of sp³-hybridized carbons (Fsp3) is 0.240. The minimum atomic E-state index is -0.878. The number of rotatable bonds is 6. The smallest absolute Gasteiger partial charge is 0.238 e. The Balaban J connectivity index is 2.04. The van der Waals surface area contributed by atoms with Crippen molar-refractivity contribution in [2.45, 2.75) is 40.0 Å². The minimum absolute atomic E-state index is 0.127. The van der Waals surface area contributed by atoms with Gasteiger partial charge >= 0.3 is 0 Å². The van der Waals surface area contributed by atoms with Crippen molar-refractivity contribution in [2.24, 2.45) is 0 Å². The number of hydrogen-bond donors (Lipinski definition) is 5. The van der Waals surface area contributed by atoms with Gasteiger partial charge in [-0.05, 0) is 58.2 Å². The molecule has 0 amide bonds. The molecule has 0 spiro atoms. The molecule has 32 heavy (non-hydrogen) atoms. The van der Waals surface area contributed by atoms with E-state index in [4.69, 9.17) is 4.42 Å². The predicted molar refractivity (Wildman–Crippen MR) is 122 cm³/mol. The van der Waals surface area contributed by atoms with Crippen molar-refractivity contribution in [3.63, 3.8) is 0 Å². The van der Waals surface area contributed by atoms with Crippen molar-refractivity contribution in [3.8, 4) is 40.1 Å². The van der Waals surface area contributed by atoms with Gasteiger partial charge in [0, 0.05) is 17.2 Å². The van der Waals surface area contributed by atoms with Crippen molar-refractivity contribution in [1.82, 2.24) is 0 Å². The van der Waals surface area contributed by atoms with Gasteiger partial charge in [-0.2, -0.15) is 0 Å². The highest BCUT2D eigenvalue weighted by molar-refractivity contribution is 5.90. The van der Waals surface area contributed by atoms with Gasteiger partial charge in [-0.25, -0.2) is 0 Å². The van der Waals surface area contributed by atoms with Crippen molar-refractivity contribution >= 4 is 11.0 Å². The lowest BCUT2D eigenvalue weighted by Crippen LogP contribution is -2.04. The summed E-state index contributed by atoms with van der Waals surface area (Å²) in [5.41, 5.74) is 1.58. The molecule has 0 bridgehead atoms. The van der Waals surface area contributed by atoms with Gasteiger partial charge in [0.25, 0.3) is 0 Å². The number of allylic oxidation sites excluding steroid dienone is 4. The molecule has 0 unspecified atom stereocenters. The summed E-state index contributed by atoms with van der Waals surface area (Å²) in [6.07, 6.45) is 5.90. The van der Waals surface area contributed by atoms with E-state index in [1.54, 1.807) is 0 Å². The van der Waals surface area contributed by atoms with E-state index in [0.717, 1.165) is 24.5 Å². The maximum atomic E-state index is 12.8. The quantitative estimate of drug-likeness (QED) is 0.263. The molecular weight excluding hydrogens is 412 g/mol. The molecule has 0 aliphatic heterocycles. The van der Waals surface area contributed by atoms with Crippen LogP contribution >= 0.6 is 0 Å². The number of phenols is 4. The molecule has 0 atom stereocenters. The maximum absolute atomic E-state index is 12.8. The lowest BCUT2D eigenvalue weighted by atomic mass is 10.0. The topological polar surface area (TPSA) is 131 Å². The highest BCUT2D eigenvalue weighted by Crippen LogP contribution is 2.40. The van der Waals surface area contributed by atoms with Gasteiger partial charge in [0.15, 0.2) is 17.3 Å². The molecule has 2 aromatic carbocycles. The van der Waals surface area contributed by atoms with Crippen LogP contribution in [0.1, 0.15) is 39.2 Å². The summed E-state index contributed by atoms with van der Waals surface area (Å²) in [5, 5.41) is 50.5. The monoisotopic (exact) mass is 438 g/mol. The Hall–Kier alpha value is -3.87. The van der Waals surface area contributed by atoms with Crippen LogP contribution in [0.25, 0.3) is 22.3 Å². The van der Waals surface area contributed by atoms with Crippen LogP contribution in [0.3, 0.4) is 0 Å². The average molecular weight is 438 g/mol. The van der Waals surface area contributed by atoms with Gasteiger partial charge in [-0.1, -0.05) is 23.3 Å². The Morgan fingerprint density at radius 1 is 0.906 bits per heavy atom. The van der Waals surface area contributed by atoms with Gasteiger partial charge in [-0.15, -0.1) is 0 Å². The molecular formula is C25H26O7. The number of phenolic OH excluding ortho intramolecular Hbond substituents is 4. The van der Waals surface area contributed by atoms with E-state index in [-0.39, 0.29) is 45.8 Å². The van der Waals surface area contributed by atoms with Crippen LogP contribution in [0.2, 0.25) is 0 Å². The van der Waals surface area contributed by atoms with Crippen LogP contribution in [0.4, 0.5) is 0 Å². The Labute approximate surface area is 184 Å². The molecule has 1 heterocycles. The van der Waals surface area contributed by atoms with Crippen LogP contribution in [0.5, 0.6) is 28.7 Å². The van der Waals surface area contributed by atoms with Crippen LogP contribution in [-0.4, -0.2) is 25.5 Å². The third-order valence-corrected chi connectivity index (χ3v) is 5.20. The summed E-state index contributed by atoms with van der Waals surface area (Å²) >= 11 is 0. The molecule has 0 fully saturated rings. The van der Waals surface area contributed by atoms with Crippen molar-refractivity contribution in [2.75, 3.05) is 0 Å². The molecule has 0 aliphatic rings. The van der Waals surface area contributed by atoms with Crippen molar-refractivity contribution in [1.29, 1.82) is 0 Å². The summed E-state index contributed by atoms with van der Waals surface area (Å²) in [6.45, 7) is 6.01. The summed E-state index contributed by atoms with van der Waals surface area (Å²) in [5.74, 6) is -2.57. The first-order valence-electron chi connectivity index (χ1n) is 10.1. The standard InChI is InChI=1S/C25H26O7/c1-13(2)5-4-6-14(3)7-9-16-18(27)12-20-21(22(16)29)23(30)24(31)25(32-20)15-8-10-17(26)19(28)11-15/h5,7-8,10-12,26-29,31H,4,6,9H2,1-3H3/b14-7+. The number of benzene rings is 2. The van der Waals surface area contributed by atoms with Crippen LogP contribution < -0.4 is 5.43 Å². The summed E-state index contributed by atoms with van der Waals surface area (Å²) < 4.78 is 5.59. The Kier molecular flexibility index (Phi) is 6.48. The highest BCUT2D eigenvalue weighted by atomic mass is 16.4. The Bertz CT molecular complexity index is 1290. The first-order chi connectivity index (χ1) is 15.1. The van der Waals surface area contributed by atoms with E-state index < -0.39 is 22.7 Å². The summed E-state index contributed by atoms with van der Waals surface area (Å²) in [4.78, 5) is 12.8. The molecule has 0 aliphatic carbocycles. The second-order valence-electron chi connectivity index (χ2n) is 7.98. The fourth-order valence-corrected chi connectivity index (χ4v) is 3.38. The van der Waals surface area contributed by atoms with E-state index >= 15 is 0 Å². The molecule has 5 N–H and O–H groups in total. The second kappa shape index (κ2) is 9.09. The van der Waals surface area contributed by atoms with E-state index in [0.29, 0.717) is 0 Å². The molecule has 7 nitrogen and oxygen atoms in total. The van der Waals surface area contributed by atoms with E-state index in [9.17, 15) is 30.3 Å². The molecule has 1 aromatic heterocycles. The third-order valence-electron chi connectivity index (χ3n) is 5.20. The Morgan fingerprint density at radius 2 is 1.62 bits per heavy atom. The third kappa shape index (κ3) is 4.56. The minimum Gasteiger partial charge on any atom is -0.507 e. The van der Waals surface area contributed by atoms with Gasteiger partial charge in [-0.3, -0.25) is 4.79 Å². The lowest BCUT2D eigenvalue weighted by molar-refractivity contribution is 0.403. The summed E-state index contributed by atoms with van der Waals surface area (Å²) in [7, 11) is 0. The number of hydrogen-bond acceptors (Lipinski definition) is 7. The number of aromatic hydroxyl groups is 5. The van der Waals surface area contributed by atoms with Gasteiger partial charge in [0.2, 0.25) is 11.2 Å². The predicted octanol–water partition coefficient (Wildman–Crippen LogP) is 5.22. The Morgan fingerprint density at radius 3 is 2.28 bits per heavy atom. The van der Waals surface area contributed by atoms with E-state index in [2.05, 4.69) is 6.08 Å². The first-order valence-corrected chi connectivity index (χ1v) is 10.1. The fourth-order valence-electron chi connectivity index (χ4n) is 3.38. The van der Waals surface area contributed by atoms with Gasteiger partial charge < -0.3 is 29.9 Å². The average Bonchev–Trinajstić information content (AvgIpc) is 2.72. The molecule has 3 aromatic rings. The first kappa shape index (κ1) is 22.8. The largest absolute Gasteiger partial charge is 0.507 e. The zero-order valence-corrected chi connectivity index (χ0v) is 18.1. The van der Waals surface area contributed by atoms with Crippen LogP contribution in [0, 0.1) is 0 Å². The molecule has 168 valence electrons. The van der Waals surface area contributed by atoms with Crippen LogP contribution in [-0.2, 0) is 6.42 Å². The van der Waals surface area contributed by atoms with E-state index in [1.165, 1.54) is 23.8 Å². The van der Waals surface area contributed by atoms with Gasteiger partial charge in [0.1, 0.15) is 22.5 Å². The normalized spacial score (nSPS) is 11.7. The SMILES string of the molecule is CC(C)=CCC/C(C)=C/Cc1c(O)cc2oc(-c3ccc(O)c(O)c3)c(O)c(=O)c2c1O. The zero-order chi connectivity index (χ0) is 23.6. The lowest BCUT2D eigenvalue weighted by Gasteiger charge is -2.11. The second-order valence-corrected chi connectivity index (χ2v) is 7.98. The molecule has 0 saturated carbocycles. The molecule has 0 radical (unpaired) electrons. The molecule has 3 rings (SSSR count). The zero-order valence-electron chi connectivity index (χ0n) is 18.1. The molecule has 7 heteroatoms. The number of fused-ring (bicyclic) bond motifs is 1. The highest BCUT2D eigenvalue weighted by Gasteiger charge is 2.22.